The van der Waals surface area contributed by atoms with E-state index in [0.717, 1.165) is 11.1 Å². The molecule has 0 saturated heterocycles. The number of carbonyl (C=O) groups excluding carboxylic acids is 1. The van der Waals surface area contributed by atoms with Crippen LogP contribution in [0.2, 0.25) is 0 Å². The van der Waals surface area contributed by atoms with Crippen LogP contribution < -0.4 is 5.32 Å². The molecular formula is C21H14N2O4S. The van der Waals surface area contributed by atoms with Gasteiger partial charge in [-0.15, -0.1) is 11.3 Å². The first-order valence-corrected chi connectivity index (χ1v) is 9.25. The van der Waals surface area contributed by atoms with Gasteiger partial charge in [0, 0.05) is 5.56 Å². The van der Waals surface area contributed by atoms with E-state index < -0.39 is 11.9 Å². The summed E-state index contributed by atoms with van der Waals surface area (Å²) in [6.45, 7) is 0. The van der Waals surface area contributed by atoms with Crippen LogP contribution in [0.3, 0.4) is 0 Å². The first kappa shape index (κ1) is 17.7. The van der Waals surface area contributed by atoms with Gasteiger partial charge >= 0.3 is 5.97 Å². The number of carboxylic acids is 1. The Balaban J connectivity index is 1.58. The molecule has 2 heterocycles. The minimum atomic E-state index is -1.22. The van der Waals surface area contributed by atoms with Gasteiger partial charge in [0.2, 0.25) is 5.88 Å². The molecule has 138 valence electrons. The summed E-state index contributed by atoms with van der Waals surface area (Å²) in [5.41, 5.74) is 2.42. The van der Waals surface area contributed by atoms with Crippen molar-refractivity contribution < 1.29 is 19.2 Å². The summed E-state index contributed by atoms with van der Waals surface area (Å²) in [7, 11) is 0. The van der Waals surface area contributed by atoms with Crippen LogP contribution in [0.15, 0.2) is 76.6 Å². The maximum Gasteiger partial charge on any atom is 0.343 e. The normalized spacial score (nSPS) is 10.6. The van der Waals surface area contributed by atoms with E-state index in [0.29, 0.717) is 10.4 Å². The number of anilines is 1. The SMILES string of the molecule is O=C(Nc1onc(-c2cccs2)c1C(=O)O)c1ccc(-c2ccccc2)cc1. The molecule has 0 radical (unpaired) electrons. The smallest absolute Gasteiger partial charge is 0.343 e. The van der Waals surface area contributed by atoms with E-state index >= 15 is 0 Å². The molecule has 0 aliphatic carbocycles. The van der Waals surface area contributed by atoms with Crippen molar-refractivity contribution in [3.8, 4) is 21.7 Å². The molecule has 7 heteroatoms. The third kappa shape index (κ3) is 3.43. The van der Waals surface area contributed by atoms with Crippen LogP contribution in [0.25, 0.3) is 21.7 Å². The Kier molecular flexibility index (Phi) is 4.74. The average Bonchev–Trinajstić information content (AvgIpc) is 3.38. The zero-order chi connectivity index (χ0) is 19.5. The maximum absolute atomic E-state index is 12.5. The van der Waals surface area contributed by atoms with Crippen LogP contribution >= 0.6 is 11.3 Å². The number of hydrogen-bond donors (Lipinski definition) is 2. The number of carboxylic acid groups (broad SMARTS) is 1. The number of hydrogen-bond acceptors (Lipinski definition) is 5. The fourth-order valence-electron chi connectivity index (χ4n) is 2.78. The van der Waals surface area contributed by atoms with Gasteiger partial charge in [-0.3, -0.25) is 10.1 Å². The molecular weight excluding hydrogens is 376 g/mol. The van der Waals surface area contributed by atoms with Gasteiger partial charge in [0.15, 0.2) is 5.56 Å². The molecule has 0 bridgehead atoms. The zero-order valence-electron chi connectivity index (χ0n) is 14.5. The van der Waals surface area contributed by atoms with Crippen molar-refractivity contribution in [3.05, 3.63) is 83.2 Å². The van der Waals surface area contributed by atoms with Gasteiger partial charge in [0.05, 0.1) is 4.88 Å². The number of thiophene rings is 1. The van der Waals surface area contributed by atoms with Crippen molar-refractivity contribution in [2.45, 2.75) is 0 Å². The molecule has 6 nitrogen and oxygen atoms in total. The Morgan fingerprint density at radius 3 is 2.29 bits per heavy atom. The minimum Gasteiger partial charge on any atom is -0.477 e. The Hall–Kier alpha value is -3.71. The number of aromatic carboxylic acids is 1. The molecule has 0 atom stereocenters. The number of carbonyl (C=O) groups is 2. The predicted molar refractivity (Wildman–Crippen MR) is 107 cm³/mol. The first-order chi connectivity index (χ1) is 13.6. The topological polar surface area (TPSA) is 92.4 Å². The molecule has 2 aromatic heterocycles. The third-order valence-electron chi connectivity index (χ3n) is 4.14. The zero-order valence-corrected chi connectivity index (χ0v) is 15.3. The summed E-state index contributed by atoms with van der Waals surface area (Å²) in [6, 6.07) is 20.3. The second kappa shape index (κ2) is 7.50. The number of rotatable bonds is 5. The van der Waals surface area contributed by atoms with Crippen LogP contribution in [-0.4, -0.2) is 22.1 Å². The van der Waals surface area contributed by atoms with Crippen LogP contribution in [0.5, 0.6) is 0 Å². The lowest BCUT2D eigenvalue weighted by Crippen LogP contribution is -2.13. The number of nitrogens with one attached hydrogen (secondary N) is 1. The van der Waals surface area contributed by atoms with Crippen LogP contribution in [-0.2, 0) is 0 Å². The molecule has 1 amide bonds. The average molecular weight is 390 g/mol. The monoisotopic (exact) mass is 390 g/mol. The van der Waals surface area contributed by atoms with Gasteiger partial charge in [-0.2, -0.15) is 0 Å². The van der Waals surface area contributed by atoms with E-state index in [1.165, 1.54) is 11.3 Å². The van der Waals surface area contributed by atoms with Crippen molar-refractivity contribution in [1.29, 1.82) is 0 Å². The maximum atomic E-state index is 12.5. The van der Waals surface area contributed by atoms with Gasteiger partial charge in [-0.1, -0.05) is 53.7 Å². The van der Waals surface area contributed by atoms with E-state index in [2.05, 4.69) is 10.5 Å². The molecule has 4 aromatic rings. The second-order valence-electron chi connectivity index (χ2n) is 5.92. The lowest BCUT2D eigenvalue weighted by molar-refractivity contribution is 0.0698. The van der Waals surface area contributed by atoms with Gasteiger partial charge in [0.25, 0.3) is 5.91 Å². The van der Waals surface area contributed by atoms with E-state index in [1.54, 1.807) is 24.3 Å². The minimum absolute atomic E-state index is 0.170. The Morgan fingerprint density at radius 2 is 1.64 bits per heavy atom. The lowest BCUT2D eigenvalue weighted by Gasteiger charge is -2.05. The number of benzene rings is 2. The van der Waals surface area contributed by atoms with Crippen LogP contribution in [0, 0.1) is 0 Å². The van der Waals surface area contributed by atoms with Crippen molar-refractivity contribution >= 4 is 29.1 Å². The number of amides is 1. The van der Waals surface area contributed by atoms with Gasteiger partial charge < -0.3 is 9.63 Å². The number of aromatic nitrogens is 1. The fraction of sp³-hybridized carbons (Fsp3) is 0. The summed E-state index contributed by atoms with van der Waals surface area (Å²) < 4.78 is 5.11. The van der Waals surface area contributed by atoms with Crippen molar-refractivity contribution in [2.75, 3.05) is 5.32 Å². The summed E-state index contributed by atoms with van der Waals surface area (Å²) in [5, 5.41) is 17.7. The van der Waals surface area contributed by atoms with Gasteiger partial charge in [0.1, 0.15) is 5.69 Å². The summed E-state index contributed by atoms with van der Waals surface area (Å²) in [5.74, 6) is -1.89. The summed E-state index contributed by atoms with van der Waals surface area (Å²) >= 11 is 1.34. The van der Waals surface area contributed by atoms with E-state index in [1.807, 2.05) is 47.8 Å². The molecule has 0 spiro atoms. The van der Waals surface area contributed by atoms with Crippen molar-refractivity contribution in [2.24, 2.45) is 0 Å². The molecule has 0 aliphatic rings. The van der Waals surface area contributed by atoms with Gasteiger partial charge in [-0.25, -0.2) is 4.79 Å². The van der Waals surface area contributed by atoms with Crippen LogP contribution in [0.1, 0.15) is 20.7 Å². The Labute approximate surface area is 164 Å². The fourth-order valence-corrected chi connectivity index (χ4v) is 3.49. The second-order valence-corrected chi connectivity index (χ2v) is 6.86. The van der Waals surface area contributed by atoms with E-state index in [-0.39, 0.29) is 17.1 Å². The molecule has 4 rings (SSSR count). The Morgan fingerprint density at radius 1 is 0.929 bits per heavy atom. The molecule has 0 unspecified atom stereocenters. The molecule has 0 aliphatic heterocycles. The standard InChI is InChI=1S/C21H14N2O4S/c24-19(15-10-8-14(9-11-15)13-5-2-1-3-6-13)22-20-17(21(25)26)18(23-27-20)16-7-4-12-28-16/h1-12H,(H,22,24)(H,25,26). The summed E-state index contributed by atoms with van der Waals surface area (Å²) in [6.07, 6.45) is 0. The van der Waals surface area contributed by atoms with Crippen molar-refractivity contribution in [1.82, 2.24) is 5.16 Å². The van der Waals surface area contributed by atoms with Gasteiger partial charge in [-0.05, 0) is 34.7 Å². The highest BCUT2D eigenvalue weighted by atomic mass is 32.1. The third-order valence-corrected chi connectivity index (χ3v) is 5.02. The highest BCUT2D eigenvalue weighted by Gasteiger charge is 2.25. The molecule has 0 fully saturated rings. The largest absolute Gasteiger partial charge is 0.477 e. The molecule has 2 N–H and O–H groups in total. The quantitative estimate of drug-likeness (QED) is 0.499. The molecule has 28 heavy (non-hydrogen) atoms. The van der Waals surface area contributed by atoms with Crippen LogP contribution in [0.4, 0.5) is 5.88 Å². The molecule has 2 aromatic carbocycles. The first-order valence-electron chi connectivity index (χ1n) is 8.37. The Bertz CT molecular complexity index is 1120. The van der Waals surface area contributed by atoms with Crippen molar-refractivity contribution in [3.63, 3.8) is 0 Å². The highest BCUT2D eigenvalue weighted by molar-refractivity contribution is 7.13. The molecule has 0 saturated carbocycles. The van der Waals surface area contributed by atoms with E-state index in [4.69, 9.17) is 4.52 Å². The predicted octanol–water partition coefficient (Wildman–Crippen LogP) is 5.02. The summed E-state index contributed by atoms with van der Waals surface area (Å²) in [4.78, 5) is 24.9. The highest BCUT2D eigenvalue weighted by Crippen LogP contribution is 2.32. The van der Waals surface area contributed by atoms with E-state index in [9.17, 15) is 14.7 Å². The number of nitrogens with zero attached hydrogens (tertiary/aromatic N) is 1. The lowest BCUT2D eigenvalue weighted by atomic mass is 10.0.